The molecule has 0 radical (unpaired) electrons. The number of unbranched alkanes of at least 4 members (excludes halogenated alkanes) is 1. The molecule has 0 N–H and O–H groups in total. The molecule has 3 aromatic rings. The molecule has 0 aromatic heterocycles. The van der Waals surface area contributed by atoms with Crippen LogP contribution < -0.4 is 0 Å². The van der Waals surface area contributed by atoms with Gasteiger partial charge in [-0.15, -0.1) is 6.58 Å². The lowest BCUT2D eigenvalue weighted by Gasteiger charge is -2.36. The summed E-state index contributed by atoms with van der Waals surface area (Å²) in [6.45, 7) is 7.48. The summed E-state index contributed by atoms with van der Waals surface area (Å²) < 4.78 is 21.9. The van der Waals surface area contributed by atoms with Gasteiger partial charge in [0.2, 0.25) is 0 Å². The predicted octanol–water partition coefficient (Wildman–Crippen LogP) is 10.7. The van der Waals surface area contributed by atoms with E-state index in [0.29, 0.717) is 18.4 Å². The van der Waals surface area contributed by atoms with Crippen LogP contribution in [0.4, 0.5) is 4.39 Å². The molecule has 2 unspecified atom stereocenters. The predicted molar refractivity (Wildman–Crippen MR) is 175 cm³/mol. The molecule has 2 heteroatoms. The van der Waals surface area contributed by atoms with Gasteiger partial charge in [0.05, 0.1) is 6.61 Å². The lowest BCUT2D eigenvalue weighted by atomic mass is 9.69. The second-order valence-corrected chi connectivity index (χ2v) is 12.3. The van der Waals surface area contributed by atoms with Crippen molar-refractivity contribution < 1.29 is 9.13 Å². The minimum atomic E-state index is -1.08. The SMILES string of the molecule is C=C[C@H]1CC[C@H](c2ccc(CCCCC3(c4ccccc4)C=CC(c4ccc(COCCC)cc4)=CC3F)cc2)CC1. The highest BCUT2D eigenvalue weighted by Crippen LogP contribution is 2.42. The zero-order valence-corrected chi connectivity index (χ0v) is 25.3. The van der Waals surface area contributed by atoms with E-state index >= 15 is 4.39 Å². The Bertz CT molecular complexity index is 1310. The van der Waals surface area contributed by atoms with E-state index in [9.17, 15) is 0 Å². The molecule has 220 valence electrons. The molecule has 5 rings (SSSR count). The van der Waals surface area contributed by atoms with Crippen molar-refractivity contribution in [3.05, 3.63) is 138 Å². The summed E-state index contributed by atoms with van der Waals surface area (Å²) in [6.07, 6.45) is 17.1. The van der Waals surface area contributed by atoms with Crippen LogP contribution >= 0.6 is 0 Å². The summed E-state index contributed by atoms with van der Waals surface area (Å²) in [5.41, 5.74) is 6.44. The van der Waals surface area contributed by atoms with Crippen molar-refractivity contribution in [2.24, 2.45) is 5.92 Å². The third-order valence-corrected chi connectivity index (χ3v) is 9.46. The first kappa shape index (κ1) is 30.2. The Labute approximate surface area is 253 Å². The number of ether oxygens (including phenoxy) is 1. The number of hydrogen-bond donors (Lipinski definition) is 0. The van der Waals surface area contributed by atoms with E-state index in [1.54, 1.807) is 0 Å². The Kier molecular flexibility index (Phi) is 10.6. The number of alkyl halides is 1. The summed E-state index contributed by atoms with van der Waals surface area (Å²) >= 11 is 0. The number of hydrogen-bond acceptors (Lipinski definition) is 1. The summed E-state index contributed by atoms with van der Waals surface area (Å²) in [5, 5.41) is 0. The Morgan fingerprint density at radius 1 is 0.881 bits per heavy atom. The fraction of sp³-hybridized carbons (Fsp3) is 0.400. The van der Waals surface area contributed by atoms with Crippen molar-refractivity contribution in [1.29, 1.82) is 0 Å². The number of benzene rings is 3. The highest BCUT2D eigenvalue weighted by molar-refractivity contribution is 5.77. The van der Waals surface area contributed by atoms with Crippen LogP contribution in [-0.2, 0) is 23.2 Å². The maximum absolute atomic E-state index is 16.3. The van der Waals surface area contributed by atoms with Crippen molar-refractivity contribution in [2.45, 2.75) is 88.8 Å². The van der Waals surface area contributed by atoms with Gasteiger partial charge in [-0.2, -0.15) is 0 Å². The highest BCUT2D eigenvalue weighted by Gasteiger charge is 2.39. The van der Waals surface area contributed by atoms with Gasteiger partial charge >= 0.3 is 0 Å². The van der Waals surface area contributed by atoms with Gasteiger partial charge in [-0.1, -0.05) is 110 Å². The molecule has 0 bridgehead atoms. The molecule has 0 saturated heterocycles. The van der Waals surface area contributed by atoms with E-state index in [4.69, 9.17) is 4.74 Å². The van der Waals surface area contributed by atoms with Gasteiger partial charge in [0.25, 0.3) is 0 Å². The molecule has 3 aromatic carbocycles. The zero-order chi connectivity index (χ0) is 29.2. The van der Waals surface area contributed by atoms with Crippen LogP contribution in [0.5, 0.6) is 0 Å². The zero-order valence-electron chi connectivity index (χ0n) is 25.3. The maximum Gasteiger partial charge on any atom is 0.132 e. The molecule has 0 heterocycles. The lowest BCUT2D eigenvalue weighted by Crippen LogP contribution is -2.35. The van der Waals surface area contributed by atoms with E-state index in [1.165, 1.54) is 36.8 Å². The molecule has 2 aliphatic rings. The Balaban J connectivity index is 1.20. The topological polar surface area (TPSA) is 9.23 Å². The van der Waals surface area contributed by atoms with Crippen LogP contribution in [0.15, 0.2) is 110 Å². The fourth-order valence-electron chi connectivity index (χ4n) is 6.77. The second kappa shape index (κ2) is 14.8. The van der Waals surface area contributed by atoms with E-state index in [1.807, 2.05) is 24.3 Å². The average molecular weight is 563 g/mol. The maximum atomic E-state index is 16.3. The van der Waals surface area contributed by atoms with Crippen LogP contribution in [-0.4, -0.2) is 12.8 Å². The Hall–Kier alpha value is -3.23. The lowest BCUT2D eigenvalue weighted by molar-refractivity contribution is 0.121. The molecule has 1 nitrogen and oxygen atoms in total. The molecule has 0 amide bonds. The Morgan fingerprint density at radius 3 is 2.26 bits per heavy atom. The van der Waals surface area contributed by atoms with E-state index in [2.05, 4.69) is 92.4 Å². The van der Waals surface area contributed by atoms with Crippen molar-refractivity contribution >= 4 is 5.57 Å². The molecule has 1 saturated carbocycles. The van der Waals surface area contributed by atoms with Crippen LogP contribution in [0.2, 0.25) is 0 Å². The van der Waals surface area contributed by atoms with Crippen molar-refractivity contribution in [3.63, 3.8) is 0 Å². The van der Waals surface area contributed by atoms with Gasteiger partial charge in [-0.3, -0.25) is 0 Å². The first-order chi connectivity index (χ1) is 20.6. The minimum absolute atomic E-state index is 0.618. The number of halogens is 1. The molecule has 2 aliphatic carbocycles. The van der Waals surface area contributed by atoms with Crippen LogP contribution in [0.1, 0.15) is 92.0 Å². The van der Waals surface area contributed by atoms with Gasteiger partial charge in [0.15, 0.2) is 0 Å². The third kappa shape index (κ3) is 7.39. The molecule has 42 heavy (non-hydrogen) atoms. The normalized spacial score (nSPS) is 23.9. The fourth-order valence-corrected chi connectivity index (χ4v) is 6.77. The average Bonchev–Trinajstić information content (AvgIpc) is 3.05. The summed E-state index contributed by atoms with van der Waals surface area (Å²) in [4.78, 5) is 0. The molecule has 0 spiro atoms. The van der Waals surface area contributed by atoms with Crippen LogP contribution in [0.3, 0.4) is 0 Å². The smallest absolute Gasteiger partial charge is 0.132 e. The van der Waals surface area contributed by atoms with E-state index in [-0.39, 0.29) is 0 Å². The largest absolute Gasteiger partial charge is 0.377 e. The molecular formula is C40H47FO. The van der Waals surface area contributed by atoms with Gasteiger partial charge < -0.3 is 4.74 Å². The number of rotatable bonds is 13. The third-order valence-electron chi connectivity index (χ3n) is 9.46. The standard InChI is InChI=1S/C40H47FO/c1-3-28-42-30-33-17-23-36(24-18-33)37-25-27-40(39(41)29-37,38-11-6-5-7-12-38)26-9-8-10-32-15-21-35(22-16-32)34-19-13-31(4-2)14-20-34/h4-7,11-12,15-18,21-25,27,29,31,34,39H,2-3,8-10,13-14,19-20,26,28,30H2,1H3/t31-,34-,39?,40?. The quantitative estimate of drug-likeness (QED) is 0.149. The molecule has 2 atom stereocenters. The van der Waals surface area contributed by atoms with E-state index in [0.717, 1.165) is 61.0 Å². The molecule has 0 aliphatic heterocycles. The summed E-state index contributed by atoms with van der Waals surface area (Å²) in [7, 11) is 0. The second-order valence-electron chi connectivity index (χ2n) is 12.3. The van der Waals surface area contributed by atoms with Gasteiger partial charge in [-0.05, 0) is 103 Å². The number of aryl methyl sites for hydroxylation is 1. The monoisotopic (exact) mass is 562 g/mol. The van der Waals surface area contributed by atoms with E-state index < -0.39 is 11.6 Å². The molecule has 1 fully saturated rings. The van der Waals surface area contributed by atoms with Crippen molar-refractivity contribution in [3.8, 4) is 0 Å². The first-order valence-corrected chi connectivity index (χ1v) is 16.1. The van der Waals surface area contributed by atoms with Gasteiger partial charge in [0.1, 0.15) is 6.17 Å². The summed E-state index contributed by atoms with van der Waals surface area (Å²) in [6, 6.07) is 27.9. The highest BCUT2D eigenvalue weighted by atomic mass is 19.1. The summed E-state index contributed by atoms with van der Waals surface area (Å²) in [5.74, 6) is 1.39. The van der Waals surface area contributed by atoms with Crippen molar-refractivity contribution in [1.82, 2.24) is 0 Å². The van der Waals surface area contributed by atoms with Gasteiger partial charge in [-0.25, -0.2) is 4.39 Å². The molecular weight excluding hydrogens is 515 g/mol. The Morgan fingerprint density at radius 2 is 1.60 bits per heavy atom. The first-order valence-electron chi connectivity index (χ1n) is 16.1. The number of allylic oxidation sites excluding steroid dienone is 5. The van der Waals surface area contributed by atoms with Crippen molar-refractivity contribution in [2.75, 3.05) is 6.61 Å². The van der Waals surface area contributed by atoms with Crippen LogP contribution in [0.25, 0.3) is 5.57 Å². The van der Waals surface area contributed by atoms with Gasteiger partial charge in [0, 0.05) is 12.0 Å². The minimum Gasteiger partial charge on any atom is -0.377 e. The van der Waals surface area contributed by atoms with Crippen LogP contribution in [0, 0.1) is 5.92 Å².